The van der Waals surface area contributed by atoms with Gasteiger partial charge in [0, 0.05) is 31.1 Å². The average molecular weight is 565 g/mol. The summed E-state index contributed by atoms with van der Waals surface area (Å²) in [5.74, 6) is 3.23. The number of ether oxygens (including phenoxy) is 2. The third-order valence-electron chi connectivity index (χ3n) is 14.1. The Labute approximate surface area is 247 Å². The lowest BCUT2D eigenvalue weighted by Gasteiger charge is -2.61. The maximum absolute atomic E-state index is 12.8. The van der Waals surface area contributed by atoms with E-state index in [1.807, 2.05) is 6.08 Å². The maximum atomic E-state index is 12.8. The Morgan fingerprint density at radius 1 is 1.12 bits per heavy atom. The topological polar surface area (TPSA) is 69.7 Å². The first-order valence-electron chi connectivity index (χ1n) is 16.5. The largest absolute Gasteiger partial charge is 0.493 e. The number of rotatable bonds is 7. The number of allylic oxidation sites excluding steroid dienone is 2. The van der Waals surface area contributed by atoms with E-state index in [2.05, 4.69) is 47.6 Å². The SMILES string of the molecule is CCC1=C([C@H](OC(C)=O)[C@@H](C)[C@H]2[C@@H](CC(C)=O)C[C@@]3(C)C4CCC5[C@H](C)C(=O)C=C[C@@]56C[C@@]46CC[C@]23C)OCC1C. The van der Waals surface area contributed by atoms with Crippen molar-refractivity contribution in [1.29, 1.82) is 0 Å². The first-order chi connectivity index (χ1) is 19.3. The summed E-state index contributed by atoms with van der Waals surface area (Å²) in [5, 5.41) is 0. The fourth-order valence-corrected chi connectivity index (χ4v) is 12.4. The van der Waals surface area contributed by atoms with E-state index in [1.54, 1.807) is 6.92 Å². The minimum Gasteiger partial charge on any atom is -0.493 e. The third kappa shape index (κ3) is 3.81. The van der Waals surface area contributed by atoms with Crippen LogP contribution < -0.4 is 0 Å². The molecule has 0 amide bonds. The van der Waals surface area contributed by atoms with Crippen molar-refractivity contribution in [2.45, 2.75) is 113 Å². The zero-order valence-corrected chi connectivity index (χ0v) is 26.7. The molecule has 0 saturated heterocycles. The molecule has 0 aromatic heterocycles. The van der Waals surface area contributed by atoms with E-state index < -0.39 is 6.10 Å². The molecular formula is C36H52O5. The highest BCUT2D eigenvalue weighted by Crippen LogP contribution is 2.87. The number of fused-ring (bicyclic) bond motifs is 2. The van der Waals surface area contributed by atoms with E-state index >= 15 is 0 Å². The van der Waals surface area contributed by atoms with Crippen molar-refractivity contribution < 1.29 is 23.9 Å². The highest BCUT2D eigenvalue weighted by molar-refractivity contribution is 5.93. The Bertz CT molecular complexity index is 1210. The zero-order valence-electron chi connectivity index (χ0n) is 26.7. The average Bonchev–Trinajstić information content (AvgIpc) is 3.33. The monoisotopic (exact) mass is 564 g/mol. The van der Waals surface area contributed by atoms with Gasteiger partial charge < -0.3 is 14.3 Å². The van der Waals surface area contributed by atoms with E-state index in [0.717, 1.165) is 31.4 Å². The van der Waals surface area contributed by atoms with Gasteiger partial charge in [0.1, 0.15) is 11.5 Å². The number of esters is 1. The minimum atomic E-state index is -0.418. The molecule has 5 nitrogen and oxygen atoms in total. The molecule has 0 aromatic rings. The van der Waals surface area contributed by atoms with E-state index in [1.165, 1.54) is 31.8 Å². The van der Waals surface area contributed by atoms with Gasteiger partial charge in [0.05, 0.1) is 6.61 Å². The summed E-state index contributed by atoms with van der Waals surface area (Å²) in [6, 6.07) is 0. The van der Waals surface area contributed by atoms with Gasteiger partial charge in [0.2, 0.25) is 0 Å². The first-order valence-corrected chi connectivity index (χ1v) is 16.5. The van der Waals surface area contributed by atoms with Crippen LogP contribution in [0, 0.1) is 63.1 Å². The molecule has 0 aromatic carbocycles. The van der Waals surface area contributed by atoms with Crippen molar-refractivity contribution in [2.24, 2.45) is 63.1 Å². The van der Waals surface area contributed by atoms with Gasteiger partial charge in [-0.15, -0.1) is 0 Å². The van der Waals surface area contributed by atoms with Crippen LogP contribution in [0.3, 0.4) is 0 Å². The molecule has 6 rings (SSSR count). The van der Waals surface area contributed by atoms with E-state index in [-0.39, 0.29) is 57.1 Å². The summed E-state index contributed by atoms with van der Waals surface area (Å²) >= 11 is 0. The fourth-order valence-electron chi connectivity index (χ4n) is 12.4. The molecule has 0 bridgehead atoms. The lowest BCUT2D eigenvalue weighted by atomic mass is 9.43. The lowest BCUT2D eigenvalue weighted by Crippen LogP contribution is -2.55. The smallest absolute Gasteiger partial charge is 0.303 e. The van der Waals surface area contributed by atoms with Crippen molar-refractivity contribution in [3.8, 4) is 0 Å². The lowest BCUT2D eigenvalue weighted by molar-refractivity contribution is -0.156. The van der Waals surface area contributed by atoms with Gasteiger partial charge in [-0.2, -0.15) is 0 Å². The number of hydrogen-bond acceptors (Lipinski definition) is 5. The van der Waals surface area contributed by atoms with Crippen molar-refractivity contribution >= 4 is 17.5 Å². The third-order valence-corrected chi connectivity index (χ3v) is 14.1. The highest BCUT2D eigenvalue weighted by Gasteiger charge is 2.81. The van der Waals surface area contributed by atoms with Gasteiger partial charge in [-0.3, -0.25) is 9.59 Å². The molecule has 3 unspecified atom stereocenters. The summed E-state index contributed by atoms with van der Waals surface area (Å²) in [6.07, 6.45) is 12.2. The molecule has 0 radical (unpaired) electrons. The van der Waals surface area contributed by atoms with Crippen LogP contribution in [0.15, 0.2) is 23.5 Å². The second-order valence-electron chi connectivity index (χ2n) is 15.7. The first kappa shape index (κ1) is 29.2. The number of Topliss-reactive ketones (excluding diaryl/α,β-unsaturated/α-hetero) is 1. The summed E-state index contributed by atoms with van der Waals surface area (Å²) in [5.41, 5.74) is 1.84. The molecule has 226 valence electrons. The van der Waals surface area contributed by atoms with Crippen molar-refractivity contribution in [3.05, 3.63) is 23.5 Å². The minimum absolute atomic E-state index is 0.0223. The van der Waals surface area contributed by atoms with Crippen molar-refractivity contribution in [1.82, 2.24) is 0 Å². The van der Waals surface area contributed by atoms with Crippen molar-refractivity contribution in [3.63, 3.8) is 0 Å². The van der Waals surface area contributed by atoms with E-state index in [4.69, 9.17) is 9.47 Å². The molecule has 1 aliphatic heterocycles. The van der Waals surface area contributed by atoms with E-state index in [0.29, 0.717) is 36.6 Å². The number of ketones is 2. The summed E-state index contributed by atoms with van der Waals surface area (Å²) < 4.78 is 12.5. The maximum Gasteiger partial charge on any atom is 0.303 e. The molecule has 4 saturated carbocycles. The van der Waals surface area contributed by atoms with Gasteiger partial charge in [0.15, 0.2) is 11.9 Å². The molecule has 4 fully saturated rings. The van der Waals surface area contributed by atoms with Crippen LogP contribution in [-0.2, 0) is 23.9 Å². The number of carbonyl (C=O) groups is 3. The summed E-state index contributed by atoms with van der Waals surface area (Å²) in [7, 11) is 0. The molecule has 5 heteroatoms. The predicted molar refractivity (Wildman–Crippen MR) is 159 cm³/mol. The van der Waals surface area contributed by atoms with Gasteiger partial charge >= 0.3 is 5.97 Å². The Morgan fingerprint density at radius 2 is 1.85 bits per heavy atom. The molecule has 1 heterocycles. The molecule has 2 spiro atoms. The Balaban J connectivity index is 1.41. The van der Waals surface area contributed by atoms with Gasteiger partial charge in [-0.1, -0.05) is 47.6 Å². The van der Waals surface area contributed by atoms with E-state index in [9.17, 15) is 14.4 Å². The van der Waals surface area contributed by atoms with Crippen LogP contribution in [0.1, 0.15) is 107 Å². The molecule has 41 heavy (non-hydrogen) atoms. The molecule has 5 aliphatic carbocycles. The second kappa shape index (κ2) is 9.55. The zero-order chi connectivity index (χ0) is 29.7. The Morgan fingerprint density at radius 3 is 2.51 bits per heavy atom. The normalized spacial score (nSPS) is 47.5. The molecule has 12 atom stereocenters. The summed E-state index contributed by atoms with van der Waals surface area (Å²) in [6.45, 7) is 17.8. The summed E-state index contributed by atoms with van der Waals surface area (Å²) in [4.78, 5) is 38.0. The van der Waals surface area contributed by atoms with Crippen LogP contribution in [-0.4, -0.2) is 30.2 Å². The highest BCUT2D eigenvalue weighted by atomic mass is 16.6. The predicted octanol–water partition coefficient (Wildman–Crippen LogP) is 7.48. The van der Waals surface area contributed by atoms with Crippen LogP contribution in [0.5, 0.6) is 0 Å². The molecular weight excluding hydrogens is 512 g/mol. The van der Waals surface area contributed by atoms with Crippen LogP contribution in [0.25, 0.3) is 0 Å². The number of carbonyl (C=O) groups excluding carboxylic acids is 3. The van der Waals surface area contributed by atoms with Gasteiger partial charge in [-0.05, 0) is 109 Å². The standard InChI is InChI=1S/C36H52O5/c1-9-26-20(2)18-40-32(26)31(41-24(6)38)23(5)30-25(16-21(3)37)17-34(8)29-11-10-27-22(4)28(39)12-13-35(27)19-36(29,35)15-14-33(30,34)7/h12-13,20,22-23,25,27,29-31H,9-11,14-19H2,1-8H3/t20?,22-,23-,25-,27?,29?,30-,31+,33+,34-,35+,36-/m0/s1. The van der Waals surface area contributed by atoms with Gasteiger partial charge in [-0.25, -0.2) is 0 Å². The van der Waals surface area contributed by atoms with Crippen LogP contribution in [0.2, 0.25) is 0 Å². The van der Waals surface area contributed by atoms with Gasteiger partial charge in [0.25, 0.3) is 0 Å². The van der Waals surface area contributed by atoms with Crippen molar-refractivity contribution in [2.75, 3.05) is 6.61 Å². The Kier molecular flexibility index (Phi) is 6.79. The molecule has 0 N–H and O–H groups in total. The van der Waals surface area contributed by atoms with Crippen LogP contribution >= 0.6 is 0 Å². The van der Waals surface area contributed by atoms with Crippen LogP contribution in [0.4, 0.5) is 0 Å². The number of hydrogen-bond donors (Lipinski definition) is 0. The Hall–Kier alpha value is -1.91. The quantitative estimate of drug-likeness (QED) is 0.300. The molecule has 6 aliphatic rings. The second-order valence-corrected chi connectivity index (χ2v) is 15.7. The fraction of sp³-hybridized carbons (Fsp3) is 0.806.